The molecule has 14 heavy (non-hydrogen) atoms. The Hall–Kier alpha value is -0.500. The number of benzene rings is 1. The first-order chi connectivity index (χ1) is 6.52. The molecule has 0 atom stereocenters. The van der Waals surface area contributed by atoms with Gasteiger partial charge in [-0.15, -0.1) is 0 Å². The van der Waals surface area contributed by atoms with E-state index in [1.54, 1.807) is 0 Å². The molecule has 0 amide bonds. The molecular weight excluding hydrogens is 240 g/mol. The van der Waals surface area contributed by atoms with Gasteiger partial charge in [-0.25, -0.2) is 0 Å². The zero-order valence-corrected chi connectivity index (χ0v) is 10.7. The van der Waals surface area contributed by atoms with Crippen LogP contribution in [0.1, 0.15) is 33.3 Å². The summed E-state index contributed by atoms with van der Waals surface area (Å²) in [5.74, 6) is 2.20. The van der Waals surface area contributed by atoms with E-state index in [0.717, 1.165) is 10.2 Å². The fourth-order valence-corrected chi connectivity index (χ4v) is 2.00. The summed E-state index contributed by atoms with van der Waals surface area (Å²) in [5.41, 5.74) is 1.21. The molecule has 0 heterocycles. The van der Waals surface area contributed by atoms with E-state index < -0.39 is 0 Å². The summed E-state index contributed by atoms with van der Waals surface area (Å²) in [7, 11) is 0. The highest BCUT2D eigenvalue weighted by molar-refractivity contribution is 9.10. The van der Waals surface area contributed by atoms with Gasteiger partial charge in [-0.1, -0.05) is 26.0 Å². The molecule has 1 radical (unpaired) electrons. The topological polar surface area (TPSA) is 9.23 Å². The fraction of sp³-hybridized carbons (Fsp3) is 0.417. The fourth-order valence-electron chi connectivity index (χ4n) is 1.24. The lowest BCUT2D eigenvalue weighted by Crippen LogP contribution is -2.06. The molecule has 0 saturated carbocycles. The van der Waals surface area contributed by atoms with Crippen molar-refractivity contribution in [3.05, 3.63) is 34.2 Å². The molecule has 0 bridgehead atoms. The third kappa shape index (κ3) is 2.74. The maximum Gasteiger partial charge on any atom is 0.134 e. The van der Waals surface area contributed by atoms with E-state index in [-0.39, 0.29) is 6.10 Å². The Bertz CT molecular complexity index is 305. The Morgan fingerprint density at radius 3 is 2.43 bits per heavy atom. The molecule has 1 aromatic carbocycles. The van der Waals surface area contributed by atoms with Gasteiger partial charge in [0.15, 0.2) is 0 Å². The predicted octanol–water partition coefficient (Wildman–Crippen LogP) is 4.20. The second kappa shape index (κ2) is 4.83. The van der Waals surface area contributed by atoms with E-state index in [4.69, 9.17) is 4.74 Å². The normalized spacial score (nSPS) is 11.1. The summed E-state index contributed by atoms with van der Waals surface area (Å²) >= 11 is 3.56. The minimum absolute atomic E-state index is 0.207. The standard InChI is InChI=1S/C12H16BrO/c1-8(2)10-6-5-7-11(12(10)13)14-9(3)4/h5-7,9H,1-4H3. The second-order valence-electron chi connectivity index (χ2n) is 3.78. The predicted molar refractivity (Wildman–Crippen MR) is 63.6 cm³/mol. The van der Waals surface area contributed by atoms with E-state index in [9.17, 15) is 0 Å². The summed E-state index contributed by atoms with van der Waals surface area (Å²) in [5, 5.41) is 0. The van der Waals surface area contributed by atoms with Crippen molar-refractivity contribution >= 4 is 15.9 Å². The highest BCUT2D eigenvalue weighted by Gasteiger charge is 2.10. The van der Waals surface area contributed by atoms with Crippen LogP contribution in [-0.2, 0) is 0 Å². The molecule has 0 aromatic heterocycles. The molecule has 0 aliphatic heterocycles. The number of ether oxygens (including phenoxy) is 1. The molecular formula is C12H16BrO. The van der Waals surface area contributed by atoms with Gasteiger partial charge < -0.3 is 4.74 Å². The van der Waals surface area contributed by atoms with Crippen molar-refractivity contribution in [3.8, 4) is 5.75 Å². The van der Waals surface area contributed by atoms with Crippen molar-refractivity contribution in [3.63, 3.8) is 0 Å². The van der Waals surface area contributed by atoms with E-state index >= 15 is 0 Å². The molecule has 1 nitrogen and oxygen atoms in total. The van der Waals surface area contributed by atoms with Crippen molar-refractivity contribution in [1.29, 1.82) is 0 Å². The van der Waals surface area contributed by atoms with E-state index in [0.29, 0.717) is 0 Å². The van der Waals surface area contributed by atoms with Gasteiger partial charge in [0.05, 0.1) is 10.6 Å². The second-order valence-corrected chi connectivity index (χ2v) is 4.58. The lowest BCUT2D eigenvalue weighted by Gasteiger charge is -2.15. The van der Waals surface area contributed by atoms with Crippen molar-refractivity contribution in [2.24, 2.45) is 0 Å². The van der Waals surface area contributed by atoms with Crippen LogP contribution in [0, 0.1) is 5.92 Å². The highest BCUT2D eigenvalue weighted by atomic mass is 79.9. The molecule has 0 spiro atoms. The Labute approximate surface area is 94.6 Å². The third-order valence-electron chi connectivity index (χ3n) is 1.86. The smallest absolute Gasteiger partial charge is 0.134 e. The maximum absolute atomic E-state index is 5.68. The summed E-state index contributed by atoms with van der Waals surface area (Å²) < 4.78 is 6.73. The number of rotatable bonds is 3. The molecule has 0 aliphatic carbocycles. The molecule has 0 fully saturated rings. The molecule has 0 N–H and O–H groups in total. The van der Waals surface area contributed by atoms with Crippen molar-refractivity contribution < 1.29 is 4.74 Å². The van der Waals surface area contributed by atoms with Crippen LogP contribution in [-0.4, -0.2) is 6.10 Å². The van der Waals surface area contributed by atoms with Gasteiger partial charge in [-0.3, -0.25) is 0 Å². The van der Waals surface area contributed by atoms with Crippen molar-refractivity contribution in [2.75, 3.05) is 0 Å². The monoisotopic (exact) mass is 255 g/mol. The van der Waals surface area contributed by atoms with Crippen LogP contribution in [0.2, 0.25) is 0 Å². The van der Waals surface area contributed by atoms with Crippen LogP contribution in [0.3, 0.4) is 0 Å². The van der Waals surface area contributed by atoms with Crippen LogP contribution in [0.25, 0.3) is 0 Å². The zero-order chi connectivity index (χ0) is 10.7. The summed E-state index contributed by atoms with van der Waals surface area (Å²) in [6, 6.07) is 6.09. The SMILES string of the molecule is C[C](C)c1cccc(OC(C)C)c1Br. The zero-order valence-electron chi connectivity index (χ0n) is 9.10. The Morgan fingerprint density at radius 1 is 1.29 bits per heavy atom. The van der Waals surface area contributed by atoms with Crippen molar-refractivity contribution in [1.82, 2.24) is 0 Å². The lowest BCUT2D eigenvalue weighted by atomic mass is 10.0. The first-order valence-corrected chi connectivity index (χ1v) is 5.57. The van der Waals surface area contributed by atoms with Gasteiger partial charge in [0, 0.05) is 5.92 Å². The van der Waals surface area contributed by atoms with Gasteiger partial charge in [-0.2, -0.15) is 0 Å². The number of hydrogen-bond acceptors (Lipinski definition) is 1. The van der Waals surface area contributed by atoms with Gasteiger partial charge in [0.25, 0.3) is 0 Å². The van der Waals surface area contributed by atoms with Gasteiger partial charge in [0.2, 0.25) is 0 Å². The van der Waals surface area contributed by atoms with E-state index in [1.165, 1.54) is 11.5 Å². The average molecular weight is 256 g/mol. The summed E-state index contributed by atoms with van der Waals surface area (Å²) in [6.07, 6.45) is 0.207. The molecule has 0 saturated heterocycles. The quantitative estimate of drug-likeness (QED) is 0.787. The Kier molecular flexibility index (Phi) is 3.99. The first kappa shape index (κ1) is 11.6. The third-order valence-corrected chi connectivity index (χ3v) is 2.68. The Morgan fingerprint density at radius 2 is 1.93 bits per heavy atom. The molecule has 2 heteroatoms. The molecule has 77 valence electrons. The molecule has 1 rings (SSSR count). The first-order valence-electron chi connectivity index (χ1n) is 4.78. The van der Waals surface area contributed by atoms with Crippen LogP contribution >= 0.6 is 15.9 Å². The molecule has 1 aromatic rings. The van der Waals surface area contributed by atoms with Crippen LogP contribution in [0.4, 0.5) is 0 Å². The molecule has 0 aliphatic rings. The lowest BCUT2D eigenvalue weighted by molar-refractivity contribution is 0.240. The number of halogens is 1. The maximum atomic E-state index is 5.68. The van der Waals surface area contributed by atoms with Gasteiger partial charge in [-0.05, 0) is 41.4 Å². The minimum atomic E-state index is 0.207. The van der Waals surface area contributed by atoms with Crippen LogP contribution in [0.15, 0.2) is 22.7 Å². The number of hydrogen-bond donors (Lipinski definition) is 0. The summed E-state index contributed by atoms with van der Waals surface area (Å²) in [4.78, 5) is 0. The average Bonchev–Trinajstić information content (AvgIpc) is 2.07. The summed E-state index contributed by atoms with van der Waals surface area (Å²) in [6.45, 7) is 8.25. The van der Waals surface area contributed by atoms with Crippen molar-refractivity contribution in [2.45, 2.75) is 33.8 Å². The van der Waals surface area contributed by atoms with Crippen LogP contribution in [0.5, 0.6) is 5.75 Å². The van der Waals surface area contributed by atoms with Gasteiger partial charge in [0.1, 0.15) is 5.75 Å². The largest absolute Gasteiger partial charge is 0.490 e. The minimum Gasteiger partial charge on any atom is -0.490 e. The van der Waals surface area contributed by atoms with E-state index in [1.807, 2.05) is 26.0 Å². The Balaban J connectivity index is 3.01. The van der Waals surface area contributed by atoms with E-state index in [2.05, 4.69) is 35.8 Å². The van der Waals surface area contributed by atoms with Crippen LogP contribution < -0.4 is 4.74 Å². The highest BCUT2D eigenvalue weighted by Crippen LogP contribution is 2.33. The molecule has 0 unspecified atom stereocenters. The van der Waals surface area contributed by atoms with Gasteiger partial charge >= 0.3 is 0 Å².